The fraction of sp³-hybridized carbons (Fsp3) is 1.00. The van der Waals surface area contributed by atoms with Crippen LogP contribution in [-0.2, 0) is 20.2 Å². The summed E-state index contributed by atoms with van der Waals surface area (Å²) in [5.41, 5.74) is 0. The van der Waals surface area contributed by atoms with E-state index in [1.807, 2.05) is 0 Å². The Balaban J connectivity index is -0.000000273. The highest BCUT2D eigenvalue weighted by atomic mass is 32.2. The van der Waals surface area contributed by atoms with Gasteiger partial charge >= 0.3 is 12.4 Å². The van der Waals surface area contributed by atoms with Crippen molar-refractivity contribution < 1.29 is 62.5 Å². The fourth-order valence-electron chi connectivity index (χ4n) is 0.414. The summed E-state index contributed by atoms with van der Waals surface area (Å²) in [4.78, 5) is 0. The lowest BCUT2D eigenvalue weighted by molar-refractivity contribution is -0.108. The summed E-state index contributed by atoms with van der Waals surface area (Å²) in [5.74, 6) is -4.36. The van der Waals surface area contributed by atoms with Crippen LogP contribution < -0.4 is 0 Å². The largest absolute Gasteiger partial charge is 0.405 e. The topological polar surface area (TPSA) is 149 Å². The smallest absolute Gasteiger partial charge is 0.394 e. The lowest BCUT2D eigenvalue weighted by atomic mass is 10.5. The summed E-state index contributed by atoms with van der Waals surface area (Å²) >= 11 is 0. The second-order valence-electron chi connectivity index (χ2n) is 3.71. The molecule has 0 aliphatic rings. The number of rotatable bonds is 3. The van der Waals surface area contributed by atoms with Gasteiger partial charge in [-0.15, -0.1) is 0 Å². The van der Waals surface area contributed by atoms with Crippen molar-refractivity contribution in [2.75, 3.05) is 18.1 Å². The summed E-state index contributed by atoms with van der Waals surface area (Å²) in [6.45, 7) is 1.39. The van der Waals surface area contributed by atoms with Crippen molar-refractivity contribution in [3.05, 3.63) is 0 Å². The molecular formula is C7H14F6O8S2. The van der Waals surface area contributed by atoms with Crippen molar-refractivity contribution >= 4 is 20.2 Å². The van der Waals surface area contributed by atoms with E-state index in [9.17, 15) is 43.2 Å². The zero-order chi connectivity index (χ0) is 19.7. The predicted octanol–water partition coefficient (Wildman–Crippen LogP) is 0.232. The van der Waals surface area contributed by atoms with E-state index < -0.39 is 50.2 Å². The Morgan fingerprint density at radius 3 is 1.00 bits per heavy atom. The first kappa shape index (κ1) is 27.2. The normalized spacial score (nSPS) is 14.0. The molecule has 4 N–H and O–H groups in total. The van der Waals surface area contributed by atoms with Crippen molar-refractivity contribution in [2.45, 2.75) is 25.4 Å². The molecule has 0 spiro atoms. The third-order valence-electron chi connectivity index (χ3n) is 0.956. The molecule has 0 heterocycles. The molecule has 1 unspecified atom stereocenters. The van der Waals surface area contributed by atoms with Gasteiger partial charge in [-0.1, -0.05) is 0 Å². The summed E-state index contributed by atoms with van der Waals surface area (Å²) in [5, 5.41) is 16.0. The van der Waals surface area contributed by atoms with Crippen LogP contribution in [0.25, 0.3) is 0 Å². The molecule has 0 rings (SSSR count). The lowest BCUT2D eigenvalue weighted by Gasteiger charge is -2.00. The highest BCUT2D eigenvalue weighted by molar-refractivity contribution is 7.86. The summed E-state index contributed by atoms with van der Waals surface area (Å²) in [7, 11) is -9.81. The molecule has 0 aromatic heterocycles. The van der Waals surface area contributed by atoms with Crippen LogP contribution in [0.4, 0.5) is 26.3 Å². The van der Waals surface area contributed by atoms with Gasteiger partial charge in [-0.05, 0) is 6.92 Å². The maximum absolute atomic E-state index is 11.0. The van der Waals surface area contributed by atoms with Crippen molar-refractivity contribution in [1.82, 2.24) is 0 Å². The highest BCUT2D eigenvalue weighted by Crippen LogP contribution is 2.16. The molecule has 0 aromatic carbocycles. The minimum absolute atomic E-state index is 0.139. The quantitative estimate of drug-likeness (QED) is 0.386. The van der Waals surface area contributed by atoms with E-state index >= 15 is 0 Å². The molecule has 0 saturated heterocycles. The van der Waals surface area contributed by atoms with E-state index in [1.54, 1.807) is 0 Å². The molecule has 1 atom stereocenters. The maximum atomic E-state index is 11.0. The molecule has 0 aliphatic heterocycles. The Bertz CT molecular complexity index is 462. The molecule has 0 aromatic rings. The predicted molar refractivity (Wildman–Crippen MR) is 63.7 cm³/mol. The molecule has 0 radical (unpaired) electrons. The summed E-state index contributed by atoms with van der Waals surface area (Å²) < 4.78 is 119. The number of halogens is 6. The summed E-state index contributed by atoms with van der Waals surface area (Å²) in [6.07, 6.45) is -10.3. The van der Waals surface area contributed by atoms with Crippen LogP contribution in [0.1, 0.15) is 6.92 Å². The van der Waals surface area contributed by atoms with Crippen LogP contribution >= 0.6 is 0 Å². The average Bonchev–Trinajstić information content (AvgIpc) is 2.06. The van der Waals surface area contributed by atoms with Gasteiger partial charge in [0, 0.05) is 0 Å². The Kier molecular flexibility index (Phi) is 12.1. The van der Waals surface area contributed by atoms with Gasteiger partial charge in [0.05, 0.1) is 12.7 Å². The molecule has 0 saturated carbocycles. The first-order valence-corrected chi connectivity index (χ1v) is 8.23. The Hall–Kier alpha value is -0.680. The van der Waals surface area contributed by atoms with E-state index in [1.165, 1.54) is 6.92 Å². The van der Waals surface area contributed by atoms with Crippen molar-refractivity contribution in [2.24, 2.45) is 0 Å². The van der Waals surface area contributed by atoms with Gasteiger partial charge < -0.3 is 10.2 Å². The van der Waals surface area contributed by atoms with Gasteiger partial charge in [-0.2, -0.15) is 43.2 Å². The molecule has 16 heteroatoms. The zero-order valence-corrected chi connectivity index (χ0v) is 12.8. The number of hydrogen-bond acceptors (Lipinski definition) is 6. The molecule has 8 nitrogen and oxygen atoms in total. The molecule has 0 bridgehead atoms. The number of alkyl halides is 6. The minimum Gasteiger partial charge on any atom is -0.394 e. The Morgan fingerprint density at radius 2 is 1.00 bits per heavy atom. The first-order valence-electron chi connectivity index (χ1n) is 5.01. The van der Waals surface area contributed by atoms with E-state index in [-0.39, 0.29) is 6.61 Å². The van der Waals surface area contributed by atoms with E-state index in [0.29, 0.717) is 0 Å². The van der Waals surface area contributed by atoms with Crippen LogP contribution in [-0.4, -0.2) is 72.7 Å². The third kappa shape index (κ3) is 44.9. The molecular weight excluding hydrogens is 390 g/mol. The van der Waals surface area contributed by atoms with Crippen LogP contribution in [0, 0.1) is 0 Å². The van der Waals surface area contributed by atoms with Gasteiger partial charge in [0.15, 0.2) is 11.5 Å². The van der Waals surface area contributed by atoms with E-state index in [2.05, 4.69) is 0 Å². The van der Waals surface area contributed by atoms with Crippen LogP contribution in [0.2, 0.25) is 0 Å². The molecule has 0 fully saturated rings. The van der Waals surface area contributed by atoms with Gasteiger partial charge in [-0.25, -0.2) is 0 Å². The maximum Gasteiger partial charge on any atom is 0.405 e. The second-order valence-corrected chi connectivity index (χ2v) is 6.62. The molecule has 0 amide bonds. The SMILES string of the molecule is CC(O)CO.O=S(=O)(O)CC(F)(F)F.O=S(=O)(O)CC(F)(F)F. The zero-order valence-electron chi connectivity index (χ0n) is 11.2. The van der Waals surface area contributed by atoms with Crippen LogP contribution in [0.15, 0.2) is 0 Å². The molecule has 23 heavy (non-hydrogen) atoms. The van der Waals surface area contributed by atoms with Gasteiger partial charge in [0.2, 0.25) is 0 Å². The minimum atomic E-state index is -4.91. The molecule has 0 aliphatic carbocycles. The fourth-order valence-corrected chi connectivity index (χ4v) is 1.24. The lowest BCUT2D eigenvalue weighted by Crippen LogP contribution is -2.21. The van der Waals surface area contributed by atoms with E-state index in [4.69, 9.17) is 19.3 Å². The molecule has 144 valence electrons. The number of aliphatic hydroxyl groups is 2. The number of hydrogen-bond donors (Lipinski definition) is 4. The average molecular weight is 404 g/mol. The van der Waals surface area contributed by atoms with Gasteiger partial charge in [0.1, 0.15) is 0 Å². The standard InChI is InChI=1S/C3H8O2.2C2H3F3O3S/c1-3(5)2-4;2*3-2(4,5)1-9(6,7)8/h3-5H,2H2,1H3;2*1H2,(H,6,7,8). The Morgan fingerprint density at radius 1 is 0.826 bits per heavy atom. The third-order valence-corrected chi connectivity index (χ3v) is 2.34. The Labute approximate surface area is 127 Å². The van der Waals surface area contributed by atoms with E-state index in [0.717, 1.165) is 0 Å². The second kappa shape index (κ2) is 10.2. The van der Waals surface area contributed by atoms with Crippen LogP contribution in [0.3, 0.4) is 0 Å². The first-order chi connectivity index (χ1) is 9.68. The van der Waals surface area contributed by atoms with Crippen LogP contribution in [0.5, 0.6) is 0 Å². The van der Waals surface area contributed by atoms with Gasteiger partial charge in [0.25, 0.3) is 20.2 Å². The highest BCUT2D eigenvalue weighted by Gasteiger charge is 2.34. The summed E-state index contributed by atoms with van der Waals surface area (Å²) in [6, 6.07) is 0. The van der Waals surface area contributed by atoms with Crippen molar-refractivity contribution in [3.63, 3.8) is 0 Å². The monoisotopic (exact) mass is 404 g/mol. The van der Waals surface area contributed by atoms with Crippen molar-refractivity contribution in [3.8, 4) is 0 Å². The number of aliphatic hydroxyl groups excluding tert-OH is 2. The van der Waals surface area contributed by atoms with Gasteiger partial charge in [-0.3, -0.25) is 9.11 Å². The van der Waals surface area contributed by atoms with Crippen molar-refractivity contribution in [1.29, 1.82) is 0 Å².